The topological polar surface area (TPSA) is 58.6 Å². The number of aryl methyl sites for hydroxylation is 1. The van der Waals surface area contributed by atoms with Gasteiger partial charge in [-0.25, -0.2) is 0 Å². The number of carbonyl (C=O) groups is 1. The first-order valence-electron chi connectivity index (χ1n) is 8.02. The molecule has 0 unspecified atom stereocenters. The zero-order valence-corrected chi connectivity index (χ0v) is 14.0. The van der Waals surface area contributed by atoms with Crippen molar-refractivity contribution in [1.29, 1.82) is 0 Å². The average molecular weight is 305 g/mol. The van der Waals surface area contributed by atoms with Crippen LogP contribution in [0.5, 0.6) is 5.75 Å². The van der Waals surface area contributed by atoms with Gasteiger partial charge < -0.3 is 15.2 Å². The number of amides is 1. The summed E-state index contributed by atoms with van der Waals surface area (Å²) < 4.78 is 5.96. The van der Waals surface area contributed by atoms with Crippen LogP contribution in [0.25, 0.3) is 0 Å². The molecule has 1 amide bonds. The second kappa shape index (κ2) is 6.69. The Kier molecular flexibility index (Phi) is 5.12. The molecule has 1 atom stereocenters. The van der Waals surface area contributed by atoms with Crippen molar-refractivity contribution >= 4 is 5.91 Å². The summed E-state index contributed by atoms with van der Waals surface area (Å²) in [7, 11) is 0. The first-order chi connectivity index (χ1) is 10.3. The third kappa shape index (κ3) is 4.23. The molecule has 122 valence electrons. The molecule has 1 aromatic carbocycles. The van der Waals surface area contributed by atoms with Crippen molar-refractivity contribution in [1.82, 2.24) is 5.32 Å². The molecule has 2 rings (SSSR count). The number of hydrogen-bond donors (Lipinski definition) is 2. The van der Waals surface area contributed by atoms with Crippen molar-refractivity contribution in [2.45, 2.75) is 58.6 Å². The lowest BCUT2D eigenvalue weighted by molar-refractivity contribution is -0.121. The third-order valence-corrected chi connectivity index (χ3v) is 4.22. The molecule has 1 aromatic rings. The van der Waals surface area contributed by atoms with Crippen LogP contribution in [-0.4, -0.2) is 29.3 Å². The SMILES string of the molecule is CC(C)[C@H](CO)NC(=O)Cc1ccc2c(c1)CCC(C)(C)O2. The maximum atomic E-state index is 12.1. The van der Waals surface area contributed by atoms with Gasteiger partial charge in [0.05, 0.1) is 19.1 Å². The molecule has 0 fully saturated rings. The minimum atomic E-state index is -0.186. The van der Waals surface area contributed by atoms with Gasteiger partial charge >= 0.3 is 0 Å². The van der Waals surface area contributed by atoms with Gasteiger partial charge in [-0.2, -0.15) is 0 Å². The van der Waals surface area contributed by atoms with E-state index in [4.69, 9.17) is 4.74 Å². The van der Waals surface area contributed by atoms with E-state index in [1.807, 2.05) is 26.0 Å². The van der Waals surface area contributed by atoms with Crippen molar-refractivity contribution in [3.8, 4) is 5.75 Å². The maximum absolute atomic E-state index is 12.1. The van der Waals surface area contributed by atoms with E-state index in [2.05, 4.69) is 25.2 Å². The highest BCUT2D eigenvalue weighted by molar-refractivity contribution is 5.79. The molecule has 0 aromatic heterocycles. The van der Waals surface area contributed by atoms with Gasteiger partial charge in [-0.15, -0.1) is 0 Å². The summed E-state index contributed by atoms with van der Waals surface area (Å²) in [5.74, 6) is 1.09. The summed E-state index contributed by atoms with van der Waals surface area (Å²) in [6.07, 6.45) is 2.29. The van der Waals surface area contributed by atoms with Crippen LogP contribution in [0.1, 0.15) is 45.2 Å². The van der Waals surface area contributed by atoms with Crippen molar-refractivity contribution < 1.29 is 14.6 Å². The Balaban J connectivity index is 2.01. The molecular formula is C18H27NO3. The molecule has 0 aliphatic carbocycles. The highest BCUT2D eigenvalue weighted by Gasteiger charge is 2.26. The summed E-state index contributed by atoms with van der Waals surface area (Å²) >= 11 is 0. The maximum Gasteiger partial charge on any atom is 0.224 e. The van der Waals surface area contributed by atoms with Gasteiger partial charge in [0, 0.05) is 0 Å². The van der Waals surface area contributed by atoms with E-state index in [-0.39, 0.29) is 30.1 Å². The number of aliphatic hydroxyl groups is 1. The fourth-order valence-electron chi connectivity index (χ4n) is 2.69. The lowest BCUT2D eigenvalue weighted by atomic mass is 9.93. The van der Waals surface area contributed by atoms with Crippen LogP contribution in [-0.2, 0) is 17.6 Å². The number of nitrogens with one attached hydrogen (secondary N) is 1. The van der Waals surface area contributed by atoms with E-state index in [9.17, 15) is 9.90 Å². The van der Waals surface area contributed by atoms with Crippen LogP contribution in [0.3, 0.4) is 0 Å². The van der Waals surface area contributed by atoms with Gasteiger partial charge in [0.25, 0.3) is 0 Å². The molecule has 0 saturated carbocycles. The van der Waals surface area contributed by atoms with Crippen LogP contribution in [0.4, 0.5) is 0 Å². The summed E-state index contributed by atoms with van der Waals surface area (Å²) in [6.45, 7) is 8.13. The molecule has 1 aliphatic heterocycles. The molecule has 4 nitrogen and oxygen atoms in total. The Morgan fingerprint density at radius 1 is 1.41 bits per heavy atom. The molecular weight excluding hydrogens is 278 g/mol. The highest BCUT2D eigenvalue weighted by atomic mass is 16.5. The lowest BCUT2D eigenvalue weighted by Crippen LogP contribution is -2.41. The van der Waals surface area contributed by atoms with E-state index in [0.717, 1.165) is 24.2 Å². The zero-order chi connectivity index (χ0) is 16.3. The van der Waals surface area contributed by atoms with E-state index >= 15 is 0 Å². The molecule has 2 N–H and O–H groups in total. The Morgan fingerprint density at radius 2 is 2.14 bits per heavy atom. The van der Waals surface area contributed by atoms with E-state index in [1.165, 1.54) is 5.56 Å². The summed E-state index contributed by atoms with van der Waals surface area (Å²) in [5, 5.41) is 12.2. The highest BCUT2D eigenvalue weighted by Crippen LogP contribution is 2.33. The number of rotatable bonds is 5. The molecule has 1 heterocycles. The van der Waals surface area contributed by atoms with E-state index < -0.39 is 0 Å². The number of hydrogen-bond acceptors (Lipinski definition) is 3. The molecule has 0 saturated heterocycles. The number of benzene rings is 1. The Labute approximate surface area is 132 Å². The average Bonchev–Trinajstić information content (AvgIpc) is 2.44. The van der Waals surface area contributed by atoms with Crippen molar-refractivity contribution in [3.05, 3.63) is 29.3 Å². The Morgan fingerprint density at radius 3 is 2.77 bits per heavy atom. The zero-order valence-electron chi connectivity index (χ0n) is 14.0. The molecule has 0 bridgehead atoms. The van der Waals surface area contributed by atoms with Crippen LogP contribution in [0.2, 0.25) is 0 Å². The quantitative estimate of drug-likeness (QED) is 0.878. The molecule has 1 aliphatic rings. The molecule has 22 heavy (non-hydrogen) atoms. The fourth-order valence-corrected chi connectivity index (χ4v) is 2.69. The molecule has 0 spiro atoms. The minimum absolute atomic E-state index is 0.0312. The molecule has 0 radical (unpaired) electrons. The third-order valence-electron chi connectivity index (χ3n) is 4.22. The van der Waals surface area contributed by atoms with Crippen LogP contribution < -0.4 is 10.1 Å². The number of ether oxygens (including phenoxy) is 1. The second-order valence-electron chi connectivity index (χ2n) is 7.08. The van der Waals surface area contributed by atoms with Gasteiger partial charge in [0.2, 0.25) is 5.91 Å². The van der Waals surface area contributed by atoms with E-state index in [0.29, 0.717) is 6.42 Å². The number of fused-ring (bicyclic) bond motifs is 1. The van der Waals surface area contributed by atoms with Gasteiger partial charge in [-0.05, 0) is 49.8 Å². The summed E-state index contributed by atoms with van der Waals surface area (Å²) in [6, 6.07) is 5.79. The Bertz CT molecular complexity index is 537. The fraction of sp³-hybridized carbons (Fsp3) is 0.611. The first-order valence-corrected chi connectivity index (χ1v) is 8.02. The number of carbonyl (C=O) groups excluding carboxylic acids is 1. The number of aliphatic hydroxyl groups excluding tert-OH is 1. The minimum Gasteiger partial charge on any atom is -0.488 e. The summed E-state index contributed by atoms with van der Waals surface area (Å²) in [4.78, 5) is 12.1. The Hall–Kier alpha value is -1.55. The summed E-state index contributed by atoms with van der Waals surface area (Å²) in [5.41, 5.74) is 2.05. The lowest BCUT2D eigenvalue weighted by Gasteiger charge is -2.32. The normalized spacial score (nSPS) is 17.5. The van der Waals surface area contributed by atoms with Crippen molar-refractivity contribution in [2.24, 2.45) is 5.92 Å². The monoisotopic (exact) mass is 305 g/mol. The second-order valence-corrected chi connectivity index (χ2v) is 7.08. The predicted molar refractivity (Wildman–Crippen MR) is 87.0 cm³/mol. The predicted octanol–water partition coefficient (Wildman–Crippen LogP) is 2.47. The van der Waals surface area contributed by atoms with Crippen LogP contribution in [0, 0.1) is 5.92 Å². The molecule has 4 heteroatoms. The largest absolute Gasteiger partial charge is 0.488 e. The smallest absolute Gasteiger partial charge is 0.224 e. The van der Waals surface area contributed by atoms with Crippen molar-refractivity contribution in [3.63, 3.8) is 0 Å². The van der Waals surface area contributed by atoms with Gasteiger partial charge in [-0.1, -0.05) is 26.0 Å². The van der Waals surface area contributed by atoms with Crippen molar-refractivity contribution in [2.75, 3.05) is 6.61 Å². The standard InChI is InChI=1S/C18H27NO3/c1-12(2)15(11-20)19-17(21)10-13-5-6-16-14(9-13)7-8-18(3,4)22-16/h5-6,9,12,15,20H,7-8,10-11H2,1-4H3,(H,19,21)/t15-/m0/s1. The van der Waals surface area contributed by atoms with Crippen LogP contribution in [0.15, 0.2) is 18.2 Å². The van der Waals surface area contributed by atoms with Gasteiger partial charge in [0.1, 0.15) is 11.4 Å². The van der Waals surface area contributed by atoms with Crippen LogP contribution >= 0.6 is 0 Å². The first kappa shape index (κ1) is 16.8. The van der Waals surface area contributed by atoms with Gasteiger partial charge in [-0.3, -0.25) is 4.79 Å². The van der Waals surface area contributed by atoms with E-state index in [1.54, 1.807) is 0 Å². The van der Waals surface area contributed by atoms with Gasteiger partial charge in [0.15, 0.2) is 0 Å².